The van der Waals surface area contributed by atoms with Crippen LogP contribution < -0.4 is 0 Å². The van der Waals surface area contributed by atoms with Crippen LogP contribution >= 0.6 is 0 Å². The third kappa shape index (κ3) is 2.50. The van der Waals surface area contributed by atoms with Gasteiger partial charge in [0.25, 0.3) is 0 Å². The second kappa shape index (κ2) is 6.67. The van der Waals surface area contributed by atoms with Gasteiger partial charge in [-0.05, 0) is 77.9 Å². The van der Waals surface area contributed by atoms with Crippen LogP contribution in [-0.2, 0) is 0 Å². The first-order valence-corrected chi connectivity index (χ1v) is 11.1. The second-order valence-corrected chi connectivity index (χ2v) is 8.58. The second-order valence-electron chi connectivity index (χ2n) is 8.58. The van der Waals surface area contributed by atoms with Crippen LogP contribution in [0.1, 0.15) is 22.3 Å². The normalized spacial score (nSPS) is 12.9. The molecular weight excluding hydrogens is 384 g/mol. The highest BCUT2D eigenvalue weighted by Crippen LogP contribution is 2.48. The van der Waals surface area contributed by atoms with Gasteiger partial charge in [-0.15, -0.1) is 0 Å². The zero-order valence-electron chi connectivity index (χ0n) is 17.5. The Morgan fingerprint density at radius 2 is 0.750 bits per heavy atom. The van der Waals surface area contributed by atoms with Crippen molar-refractivity contribution in [2.24, 2.45) is 0 Å². The summed E-state index contributed by atoms with van der Waals surface area (Å²) in [5.74, 6) is 0. The van der Waals surface area contributed by atoms with Gasteiger partial charge in [-0.25, -0.2) is 0 Å². The fourth-order valence-electron chi connectivity index (χ4n) is 5.32. The average molecular weight is 405 g/mol. The first-order valence-electron chi connectivity index (χ1n) is 11.1. The minimum absolute atomic E-state index is 1.27. The summed E-state index contributed by atoms with van der Waals surface area (Å²) in [5.41, 5.74) is 7.87. The van der Waals surface area contributed by atoms with Gasteiger partial charge in [0, 0.05) is 0 Å². The van der Waals surface area contributed by atoms with Crippen LogP contribution in [0.4, 0.5) is 0 Å². The fourth-order valence-corrected chi connectivity index (χ4v) is 5.32. The first kappa shape index (κ1) is 17.5. The van der Waals surface area contributed by atoms with Crippen LogP contribution in [0.5, 0.6) is 0 Å². The third-order valence-corrected chi connectivity index (χ3v) is 6.77. The molecule has 32 heavy (non-hydrogen) atoms. The lowest BCUT2D eigenvalue weighted by Gasteiger charge is -2.13. The summed E-state index contributed by atoms with van der Waals surface area (Å²) in [5, 5.41) is 7.77. The van der Waals surface area contributed by atoms with Gasteiger partial charge < -0.3 is 0 Å². The molecule has 0 nitrogen and oxygen atoms in total. The van der Waals surface area contributed by atoms with Gasteiger partial charge in [0.05, 0.1) is 0 Å². The molecule has 0 aromatic heterocycles. The number of rotatable bonds is 2. The van der Waals surface area contributed by atoms with Gasteiger partial charge in [-0.3, -0.25) is 0 Å². The van der Waals surface area contributed by atoms with Crippen LogP contribution in [0.25, 0.3) is 43.5 Å². The molecule has 0 N–H and O–H groups in total. The number of hydrogen-bond acceptors (Lipinski definition) is 0. The number of benzene rings is 6. The van der Waals surface area contributed by atoms with Crippen molar-refractivity contribution in [2.45, 2.75) is 0 Å². The van der Waals surface area contributed by atoms with Gasteiger partial charge >= 0.3 is 0 Å². The molecule has 0 heteroatoms. The summed E-state index contributed by atoms with van der Waals surface area (Å²) in [6.45, 7) is 0. The SMILES string of the molecule is c1ccc2cc(C3=C(c4ccc5ccccc5c4)c4cccc5cccc3c45)ccc2c1. The maximum atomic E-state index is 2.34. The topological polar surface area (TPSA) is 0 Å². The van der Waals surface area contributed by atoms with Crippen LogP contribution in [0.2, 0.25) is 0 Å². The van der Waals surface area contributed by atoms with Crippen LogP contribution in [0, 0.1) is 0 Å². The standard InChI is InChI=1S/C32H20/c1-3-9-24-19-26(17-15-21(24)7-1)31-28-13-5-11-23-12-6-14-29(30(23)28)32(31)27-18-16-22-8-2-4-10-25(22)20-27/h1-20H. The molecule has 0 fully saturated rings. The zero-order chi connectivity index (χ0) is 21.1. The quantitative estimate of drug-likeness (QED) is 0.271. The molecule has 0 saturated carbocycles. The smallest absolute Gasteiger partial charge is 0.00199 e. The van der Waals surface area contributed by atoms with Crippen LogP contribution in [0.3, 0.4) is 0 Å². The van der Waals surface area contributed by atoms with E-state index in [0.29, 0.717) is 0 Å². The summed E-state index contributed by atoms with van der Waals surface area (Å²) in [6.07, 6.45) is 0. The highest BCUT2D eigenvalue weighted by Gasteiger charge is 2.26. The van der Waals surface area contributed by atoms with Crippen molar-refractivity contribution in [1.82, 2.24) is 0 Å². The summed E-state index contributed by atoms with van der Waals surface area (Å²) in [7, 11) is 0. The van der Waals surface area contributed by atoms with Crippen molar-refractivity contribution < 1.29 is 0 Å². The van der Waals surface area contributed by atoms with E-state index >= 15 is 0 Å². The van der Waals surface area contributed by atoms with Crippen LogP contribution in [0.15, 0.2) is 121 Å². The van der Waals surface area contributed by atoms with Gasteiger partial charge in [0.2, 0.25) is 0 Å². The molecule has 1 aliphatic carbocycles. The molecule has 148 valence electrons. The van der Waals surface area contributed by atoms with E-state index in [9.17, 15) is 0 Å². The molecule has 0 amide bonds. The summed E-state index contributed by atoms with van der Waals surface area (Å²) >= 11 is 0. The molecule has 0 aliphatic heterocycles. The van der Waals surface area contributed by atoms with Crippen molar-refractivity contribution in [2.75, 3.05) is 0 Å². The fraction of sp³-hybridized carbons (Fsp3) is 0. The Balaban J connectivity index is 1.59. The highest BCUT2D eigenvalue weighted by atomic mass is 14.3. The molecule has 7 rings (SSSR count). The lowest BCUT2D eigenvalue weighted by atomic mass is 9.90. The van der Waals surface area contributed by atoms with Gasteiger partial charge in [-0.1, -0.05) is 109 Å². The molecule has 6 aromatic rings. The molecule has 0 radical (unpaired) electrons. The molecule has 0 unspecified atom stereocenters. The largest absolute Gasteiger partial charge is 0.0616 e. The lowest BCUT2D eigenvalue weighted by molar-refractivity contribution is 1.61. The minimum atomic E-state index is 1.27. The first-order chi connectivity index (χ1) is 15.9. The predicted octanol–water partition coefficient (Wildman–Crippen LogP) is 8.47. The van der Waals surface area contributed by atoms with E-state index < -0.39 is 0 Å². The Labute approximate surface area is 187 Å². The molecule has 0 saturated heterocycles. The Hall–Kier alpha value is -4.16. The molecule has 0 atom stereocenters. The Morgan fingerprint density at radius 1 is 0.312 bits per heavy atom. The van der Waals surface area contributed by atoms with Crippen molar-refractivity contribution in [1.29, 1.82) is 0 Å². The van der Waals surface area contributed by atoms with Gasteiger partial charge in [0.1, 0.15) is 0 Å². The maximum Gasteiger partial charge on any atom is -0.00199 e. The molecular formula is C32H20. The third-order valence-electron chi connectivity index (χ3n) is 6.77. The van der Waals surface area contributed by atoms with E-state index in [-0.39, 0.29) is 0 Å². The zero-order valence-corrected chi connectivity index (χ0v) is 17.5. The Morgan fingerprint density at radius 3 is 1.25 bits per heavy atom. The van der Waals surface area contributed by atoms with E-state index in [1.807, 2.05) is 0 Å². The highest BCUT2D eigenvalue weighted by molar-refractivity contribution is 6.21. The van der Waals surface area contributed by atoms with E-state index in [4.69, 9.17) is 0 Å². The molecule has 0 bridgehead atoms. The summed E-state index contributed by atoms with van der Waals surface area (Å²) in [6, 6.07) is 44.4. The lowest BCUT2D eigenvalue weighted by Crippen LogP contribution is -1.91. The summed E-state index contributed by atoms with van der Waals surface area (Å²) < 4.78 is 0. The van der Waals surface area contributed by atoms with E-state index in [1.165, 1.54) is 65.7 Å². The van der Waals surface area contributed by atoms with Gasteiger partial charge in [0.15, 0.2) is 0 Å². The van der Waals surface area contributed by atoms with Crippen molar-refractivity contribution in [3.8, 4) is 0 Å². The average Bonchev–Trinajstić information content (AvgIpc) is 3.20. The van der Waals surface area contributed by atoms with Crippen molar-refractivity contribution in [3.63, 3.8) is 0 Å². The van der Waals surface area contributed by atoms with E-state index in [1.54, 1.807) is 0 Å². The molecule has 6 aromatic carbocycles. The number of fused-ring (bicyclic) bond motifs is 2. The Kier molecular flexibility index (Phi) is 3.65. The minimum Gasteiger partial charge on any atom is -0.0616 e. The molecule has 1 aliphatic rings. The predicted molar refractivity (Wildman–Crippen MR) is 137 cm³/mol. The molecule has 0 spiro atoms. The Bertz CT molecular complexity index is 1590. The number of hydrogen-bond donors (Lipinski definition) is 0. The summed E-state index contributed by atoms with van der Waals surface area (Å²) in [4.78, 5) is 0. The maximum absolute atomic E-state index is 2.34. The van der Waals surface area contributed by atoms with E-state index in [2.05, 4.69) is 121 Å². The van der Waals surface area contributed by atoms with E-state index in [0.717, 1.165) is 0 Å². The molecule has 0 heterocycles. The van der Waals surface area contributed by atoms with Crippen molar-refractivity contribution in [3.05, 3.63) is 144 Å². The monoisotopic (exact) mass is 404 g/mol. The van der Waals surface area contributed by atoms with Gasteiger partial charge in [-0.2, -0.15) is 0 Å². The van der Waals surface area contributed by atoms with Crippen LogP contribution in [-0.4, -0.2) is 0 Å². The van der Waals surface area contributed by atoms with Crippen molar-refractivity contribution >= 4 is 43.5 Å².